The Morgan fingerprint density at radius 2 is 1.88 bits per heavy atom. The van der Waals surface area contributed by atoms with Crippen LogP contribution < -0.4 is 0 Å². The fourth-order valence-corrected chi connectivity index (χ4v) is 3.57. The van der Waals surface area contributed by atoms with E-state index in [-0.39, 0.29) is 30.9 Å². The zero-order valence-electron chi connectivity index (χ0n) is 14.3. The van der Waals surface area contributed by atoms with Gasteiger partial charge in [-0.25, -0.2) is 4.79 Å². The van der Waals surface area contributed by atoms with Crippen molar-refractivity contribution in [2.75, 3.05) is 32.8 Å². The van der Waals surface area contributed by atoms with Crippen LogP contribution in [0.3, 0.4) is 0 Å². The molecule has 140 valence electrons. The van der Waals surface area contributed by atoms with Crippen molar-refractivity contribution in [2.45, 2.75) is 18.9 Å². The maximum atomic E-state index is 12.9. The van der Waals surface area contributed by atoms with Crippen molar-refractivity contribution >= 4 is 29.4 Å². The van der Waals surface area contributed by atoms with Gasteiger partial charge < -0.3 is 19.6 Å². The van der Waals surface area contributed by atoms with Crippen LogP contribution in [0, 0.1) is 5.92 Å². The first kappa shape index (κ1) is 18.7. The van der Waals surface area contributed by atoms with Crippen LogP contribution in [0.4, 0.5) is 0 Å². The lowest BCUT2D eigenvalue weighted by molar-refractivity contribution is -0.161. The van der Waals surface area contributed by atoms with Gasteiger partial charge in [-0.15, -0.1) is 0 Å². The van der Waals surface area contributed by atoms with Gasteiger partial charge in [0.15, 0.2) is 6.04 Å². The summed E-state index contributed by atoms with van der Waals surface area (Å²) in [6.45, 7) is 1.47. The zero-order chi connectivity index (χ0) is 18.7. The molecule has 2 aliphatic heterocycles. The van der Waals surface area contributed by atoms with Gasteiger partial charge in [0.25, 0.3) is 5.91 Å². The Kier molecular flexibility index (Phi) is 5.78. The minimum atomic E-state index is -1.07. The molecule has 2 amide bonds. The first-order valence-corrected chi connectivity index (χ1v) is 9.01. The van der Waals surface area contributed by atoms with Gasteiger partial charge in [-0.05, 0) is 37.1 Å². The fourth-order valence-electron chi connectivity index (χ4n) is 3.44. The van der Waals surface area contributed by atoms with Crippen molar-refractivity contribution in [3.05, 3.63) is 34.9 Å². The van der Waals surface area contributed by atoms with Crippen LogP contribution in [0.2, 0.25) is 5.02 Å². The fraction of sp³-hybridized carbons (Fsp3) is 0.500. The van der Waals surface area contributed by atoms with E-state index in [0.29, 0.717) is 43.1 Å². The van der Waals surface area contributed by atoms with Crippen LogP contribution in [0.5, 0.6) is 0 Å². The van der Waals surface area contributed by atoms with Crippen LogP contribution in [0.15, 0.2) is 24.3 Å². The zero-order valence-corrected chi connectivity index (χ0v) is 15.0. The standard InChI is InChI=1S/C18H21ClN2O5/c19-14-5-3-12(4-6-14)16(22)20-7-1-2-13(10-20)17(23)21-8-9-26-11-15(21)18(24)25/h3-6,13,15H,1-2,7-11H2,(H,24,25). The van der Waals surface area contributed by atoms with Crippen molar-refractivity contribution in [3.8, 4) is 0 Å². The highest BCUT2D eigenvalue weighted by Gasteiger charge is 2.38. The van der Waals surface area contributed by atoms with Crippen LogP contribution in [-0.2, 0) is 14.3 Å². The second kappa shape index (κ2) is 8.05. The Morgan fingerprint density at radius 1 is 1.15 bits per heavy atom. The van der Waals surface area contributed by atoms with E-state index < -0.39 is 12.0 Å². The lowest BCUT2D eigenvalue weighted by Crippen LogP contribution is -2.56. The summed E-state index contributed by atoms with van der Waals surface area (Å²) in [5, 5.41) is 9.87. The lowest BCUT2D eigenvalue weighted by Gasteiger charge is -2.38. The summed E-state index contributed by atoms with van der Waals surface area (Å²) < 4.78 is 5.19. The molecule has 1 aromatic rings. The highest BCUT2D eigenvalue weighted by atomic mass is 35.5. The number of likely N-dealkylation sites (tertiary alicyclic amines) is 1. The van der Waals surface area contributed by atoms with Crippen molar-refractivity contribution < 1.29 is 24.2 Å². The van der Waals surface area contributed by atoms with Crippen LogP contribution in [0.25, 0.3) is 0 Å². The molecule has 0 radical (unpaired) electrons. The molecule has 2 saturated heterocycles. The van der Waals surface area contributed by atoms with Gasteiger partial charge in [0.05, 0.1) is 19.1 Å². The molecule has 0 aliphatic carbocycles. The average Bonchev–Trinajstić information content (AvgIpc) is 2.67. The largest absolute Gasteiger partial charge is 0.480 e. The number of carbonyl (C=O) groups is 3. The number of halogens is 1. The predicted molar refractivity (Wildman–Crippen MR) is 94.0 cm³/mol. The number of rotatable bonds is 3. The number of hydrogen-bond acceptors (Lipinski definition) is 4. The first-order valence-electron chi connectivity index (χ1n) is 8.63. The number of ether oxygens (including phenoxy) is 1. The van der Waals surface area contributed by atoms with Crippen molar-refractivity contribution in [1.29, 1.82) is 0 Å². The van der Waals surface area contributed by atoms with Crippen LogP contribution in [-0.4, -0.2) is 71.6 Å². The number of carboxylic acid groups (broad SMARTS) is 1. The monoisotopic (exact) mass is 380 g/mol. The van der Waals surface area contributed by atoms with E-state index >= 15 is 0 Å². The summed E-state index contributed by atoms with van der Waals surface area (Å²) in [6.07, 6.45) is 1.35. The number of carboxylic acids is 1. The molecule has 0 spiro atoms. The molecule has 2 heterocycles. The molecule has 2 aliphatic rings. The second-order valence-corrected chi connectivity index (χ2v) is 6.99. The molecule has 26 heavy (non-hydrogen) atoms. The molecule has 7 nitrogen and oxygen atoms in total. The minimum Gasteiger partial charge on any atom is -0.480 e. The van der Waals surface area contributed by atoms with E-state index in [2.05, 4.69) is 0 Å². The molecule has 1 N–H and O–H groups in total. The number of aliphatic carboxylic acids is 1. The predicted octanol–water partition coefficient (Wildman–Crippen LogP) is 1.50. The van der Waals surface area contributed by atoms with E-state index in [1.165, 1.54) is 4.90 Å². The Morgan fingerprint density at radius 3 is 2.58 bits per heavy atom. The van der Waals surface area contributed by atoms with Crippen LogP contribution >= 0.6 is 11.6 Å². The number of benzene rings is 1. The van der Waals surface area contributed by atoms with E-state index in [4.69, 9.17) is 16.3 Å². The van der Waals surface area contributed by atoms with Gasteiger partial charge in [0, 0.05) is 30.2 Å². The Hall–Kier alpha value is -2.12. The molecule has 3 rings (SSSR count). The minimum absolute atomic E-state index is 0.00120. The SMILES string of the molecule is O=C(O)C1COCCN1C(=O)C1CCCN(C(=O)c2ccc(Cl)cc2)C1. The Balaban J connectivity index is 1.69. The van der Waals surface area contributed by atoms with E-state index in [1.54, 1.807) is 29.2 Å². The summed E-state index contributed by atoms with van der Waals surface area (Å²) in [6, 6.07) is 5.69. The molecule has 8 heteroatoms. The molecular weight excluding hydrogens is 360 g/mol. The van der Waals surface area contributed by atoms with Crippen molar-refractivity contribution in [1.82, 2.24) is 9.80 Å². The van der Waals surface area contributed by atoms with Gasteiger partial charge >= 0.3 is 5.97 Å². The quantitative estimate of drug-likeness (QED) is 0.858. The van der Waals surface area contributed by atoms with E-state index in [1.807, 2.05) is 0 Å². The molecular formula is C18H21ClN2O5. The lowest BCUT2D eigenvalue weighted by atomic mass is 9.95. The number of nitrogens with zero attached hydrogens (tertiary/aromatic N) is 2. The van der Waals surface area contributed by atoms with Gasteiger partial charge in [-0.2, -0.15) is 0 Å². The molecule has 0 saturated carbocycles. The van der Waals surface area contributed by atoms with Crippen LogP contribution in [0.1, 0.15) is 23.2 Å². The third-order valence-electron chi connectivity index (χ3n) is 4.85. The molecule has 0 aromatic heterocycles. The van der Waals surface area contributed by atoms with Gasteiger partial charge in [-0.1, -0.05) is 11.6 Å². The van der Waals surface area contributed by atoms with E-state index in [9.17, 15) is 19.5 Å². The van der Waals surface area contributed by atoms with Crippen molar-refractivity contribution in [3.63, 3.8) is 0 Å². The van der Waals surface area contributed by atoms with Crippen molar-refractivity contribution in [2.24, 2.45) is 5.92 Å². The molecule has 0 bridgehead atoms. The smallest absolute Gasteiger partial charge is 0.328 e. The summed E-state index contributed by atoms with van der Waals surface area (Å²) in [5.74, 6) is -1.81. The van der Waals surface area contributed by atoms with Gasteiger partial charge in [-0.3, -0.25) is 9.59 Å². The maximum Gasteiger partial charge on any atom is 0.328 e. The van der Waals surface area contributed by atoms with Gasteiger partial charge in [0.2, 0.25) is 5.91 Å². The topological polar surface area (TPSA) is 87.2 Å². The maximum absolute atomic E-state index is 12.9. The third-order valence-corrected chi connectivity index (χ3v) is 5.10. The first-order chi connectivity index (χ1) is 12.5. The second-order valence-electron chi connectivity index (χ2n) is 6.56. The number of carbonyl (C=O) groups excluding carboxylic acids is 2. The summed E-state index contributed by atoms with van der Waals surface area (Å²) in [4.78, 5) is 40.0. The molecule has 1 aromatic carbocycles. The van der Waals surface area contributed by atoms with E-state index in [0.717, 1.165) is 0 Å². The summed E-state index contributed by atoms with van der Waals surface area (Å²) >= 11 is 5.86. The number of amides is 2. The molecule has 2 unspecified atom stereocenters. The normalized spacial score (nSPS) is 23.6. The highest BCUT2D eigenvalue weighted by Crippen LogP contribution is 2.23. The Labute approximate surface area is 156 Å². The molecule has 2 atom stereocenters. The third kappa shape index (κ3) is 3.99. The Bertz CT molecular complexity index is 693. The number of morpholine rings is 1. The summed E-state index contributed by atoms with van der Waals surface area (Å²) in [7, 11) is 0. The summed E-state index contributed by atoms with van der Waals surface area (Å²) in [5.41, 5.74) is 0.525. The highest BCUT2D eigenvalue weighted by molar-refractivity contribution is 6.30. The average molecular weight is 381 g/mol. The number of piperidine rings is 1. The molecule has 2 fully saturated rings. The number of hydrogen-bond donors (Lipinski definition) is 1. The van der Waals surface area contributed by atoms with Gasteiger partial charge in [0.1, 0.15) is 0 Å².